The van der Waals surface area contributed by atoms with Gasteiger partial charge in [0, 0.05) is 37.2 Å². The lowest BCUT2D eigenvalue weighted by Crippen LogP contribution is -2.43. The summed E-state index contributed by atoms with van der Waals surface area (Å²) in [6.07, 6.45) is 4.03. The van der Waals surface area contributed by atoms with Crippen molar-refractivity contribution in [3.05, 3.63) is 29.0 Å². The standard InChI is InChI=1S/C18H23ClFN3O2.ClH/c19-15-10-14(3-4-16(15)20)22-18(25)12-5-8-23(9-6-12)17(24)11-13-2-1-7-21-13;/h3-4,10,12-13,21H,1-2,5-9,11H2,(H,22,25);1H. The van der Waals surface area contributed by atoms with E-state index in [1.165, 1.54) is 18.2 Å². The van der Waals surface area contributed by atoms with Crippen LogP contribution in [-0.2, 0) is 9.59 Å². The van der Waals surface area contributed by atoms with Crippen LogP contribution in [0.15, 0.2) is 18.2 Å². The molecule has 0 spiro atoms. The van der Waals surface area contributed by atoms with Gasteiger partial charge in [0.15, 0.2) is 0 Å². The van der Waals surface area contributed by atoms with E-state index < -0.39 is 5.82 Å². The van der Waals surface area contributed by atoms with Crippen molar-refractivity contribution in [1.82, 2.24) is 10.2 Å². The molecule has 0 aromatic heterocycles. The first-order valence-corrected chi connectivity index (χ1v) is 9.18. The molecule has 0 bridgehead atoms. The molecule has 1 aromatic rings. The van der Waals surface area contributed by atoms with Crippen molar-refractivity contribution in [2.24, 2.45) is 5.92 Å². The van der Waals surface area contributed by atoms with Crippen molar-refractivity contribution in [1.29, 1.82) is 0 Å². The van der Waals surface area contributed by atoms with E-state index in [1.807, 2.05) is 4.90 Å². The van der Waals surface area contributed by atoms with E-state index in [0.29, 0.717) is 44.1 Å². The van der Waals surface area contributed by atoms with E-state index in [4.69, 9.17) is 11.6 Å². The molecular formula is C18H24Cl2FN3O2. The minimum absolute atomic E-state index is 0. The van der Waals surface area contributed by atoms with Gasteiger partial charge >= 0.3 is 0 Å². The van der Waals surface area contributed by atoms with Crippen molar-refractivity contribution in [2.45, 2.75) is 38.1 Å². The highest BCUT2D eigenvalue weighted by molar-refractivity contribution is 6.31. The molecule has 2 saturated heterocycles. The average Bonchev–Trinajstić information content (AvgIpc) is 3.11. The van der Waals surface area contributed by atoms with Crippen molar-refractivity contribution in [2.75, 3.05) is 25.0 Å². The molecule has 2 amide bonds. The normalized spacial score (nSPS) is 20.5. The maximum atomic E-state index is 13.2. The van der Waals surface area contributed by atoms with Gasteiger partial charge in [-0.3, -0.25) is 9.59 Å². The molecule has 5 nitrogen and oxygen atoms in total. The van der Waals surface area contributed by atoms with Crippen LogP contribution in [0.1, 0.15) is 32.1 Å². The fraction of sp³-hybridized carbons (Fsp3) is 0.556. The zero-order chi connectivity index (χ0) is 17.8. The number of nitrogens with one attached hydrogen (secondary N) is 2. The average molecular weight is 404 g/mol. The van der Waals surface area contributed by atoms with Crippen molar-refractivity contribution < 1.29 is 14.0 Å². The number of piperidine rings is 1. The maximum absolute atomic E-state index is 13.2. The Morgan fingerprint density at radius 1 is 1.27 bits per heavy atom. The number of anilines is 1. The predicted molar refractivity (Wildman–Crippen MR) is 102 cm³/mol. The van der Waals surface area contributed by atoms with Gasteiger partial charge in [0.05, 0.1) is 5.02 Å². The minimum Gasteiger partial charge on any atom is -0.343 e. The van der Waals surface area contributed by atoms with Gasteiger partial charge in [0.2, 0.25) is 11.8 Å². The third kappa shape index (κ3) is 5.32. The van der Waals surface area contributed by atoms with E-state index in [0.717, 1.165) is 19.4 Å². The molecule has 26 heavy (non-hydrogen) atoms. The first-order valence-electron chi connectivity index (χ1n) is 8.80. The lowest BCUT2D eigenvalue weighted by atomic mass is 9.95. The van der Waals surface area contributed by atoms with Crippen molar-refractivity contribution in [3.8, 4) is 0 Å². The number of benzene rings is 1. The second-order valence-electron chi connectivity index (χ2n) is 6.77. The number of halogens is 3. The van der Waals surface area contributed by atoms with Gasteiger partial charge < -0.3 is 15.5 Å². The van der Waals surface area contributed by atoms with Gasteiger partial charge in [-0.2, -0.15) is 0 Å². The van der Waals surface area contributed by atoms with Crippen molar-refractivity contribution in [3.63, 3.8) is 0 Å². The van der Waals surface area contributed by atoms with Crippen LogP contribution in [0, 0.1) is 11.7 Å². The van der Waals surface area contributed by atoms with E-state index in [2.05, 4.69) is 10.6 Å². The third-order valence-electron chi connectivity index (χ3n) is 4.99. The molecule has 0 aliphatic carbocycles. The SMILES string of the molecule is Cl.O=C(Nc1ccc(F)c(Cl)c1)C1CCN(C(=O)CC2CCCN2)CC1. The summed E-state index contributed by atoms with van der Waals surface area (Å²) in [7, 11) is 0. The molecule has 2 heterocycles. The number of hydrogen-bond acceptors (Lipinski definition) is 3. The quantitative estimate of drug-likeness (QED) is 0.810. The highest BCUT2D eigenvalue weighted by Gasteiger charge is 2.29. The van der Waals surface area contributed by atoms with Crippen LogP contribution in [0.4, 0.5) is 10.1 Å². The molecule has 1 atom stereocenters. The Labute approximate surface area is 164 Å². The monoisotopic (exact) mass is 403 g/mol. The molecule has 2 aliphatic rings. The summed E-state index contributed by atoms with van der Waals surface area (Å²) in [5, 5.41) is 6.10. The highest BCUT2D eigenvalue weighted by Crippen LogP contribution is 2.23. The lowest BCUT2D eigenvalue weighted by Gasteiger charge is -2.32. The Bertz CT molecular complexity index is 645. The van der Waals surface area contributed by atoms with Gasteiger partial charge in [-0.05, 0) is 50.4 Å². The van der Waals surface area contributed by atoms with Gasteiger partial charge in [-0.15, -0.1) is 12.4 Å². The minimum atomic E-state index is -0.511. The van der Waals surface area contributed by atoms with Crippen LogP contribution in [0.25, 0.3) is 0 Å². The van der Waals surface area contributed by atoms with Crippen LogP contribution in [-0.4, -0.2) is 42.4 Å². The largest absolute Gasteiger partial charge is 0.343 e. The molecular weight excluding hydrogens is 380 g/mol. The summed E-state index contributed by atoms with van der Waals surface area (Å²) in [6, 6.07) is 4.43. The number of carbonyl (C=O) groups excluding carboxylic acids is 2. The Hall–Kier alpha value is -1.37. The summed E-state index contributed by atoms with van der Waals surface area (Å²) >= 11 is 5.73. The molecule has 0 radical (unpaired) electrons. The van der Waals surface area contributed by atoms with Gasteiger partial charge in [0.1, 0.15) is 5.82 Å². The molecule has 144 valence electrons. The van der Waals surface area contributed by atoms with Gasteiger partial charge in [-0.1, -0.05) is 11.6 Å². The van der Waals surface area contributed by atoms with Crippen LogP contribution in [0.2, 0.25) is 5.02 Å². The Morgan fingerprint density at radius 3 is 2.62 bits per heavy atom. The Morgan fingerprint density at radius 2 is 2.00 bits per heavy atom. The fourth-order valence-electron chi connectivity index (χ4n) is 3.48. The molecule has 2 fully saturated rings. The van der Waals surface area contributed by atoms with E-state index in [1.54, 1.807) is 0 Å². The number of amides is 2. The second kappa shape index (κ2) is 9.53. The summed E-state index contributed by atoms with van der Waals surface area (Å²) < 4.78 is 13.2. The molecule has 0 saturated carbocycles. The predicted octanol–water partition coefficient (Wildman–Crippen LogP) is 3.22. The molecule has 8 heteroatoms. The van der Waals surface area contributed by atoms with Gasteiger partial charge in [0.25, 0.3) is 0 Å². The topological polar surface area (TPSA) is 61.4 Å². The molecule has 2 aliphatic heterocycles. The van der Waals surface area contributed by atoms with E-state index in [-0.39, 0.29) is 35.2 Å². The first kappa shape index (κ1) is 20.9. The maximum Gasteiger partial charge on any atom is 0.227 e. The summed E-state index contributed by atoms with van der Waals surface area (Å²) in [4.78, 5) is 26.5. The molecule has 2 N–H and O–H groups in total. The summed E-state index contributed by atoms with van der Waals surface area (Å²) in [5.41, 5.74) is 0.488. The third-order valence-corrected chi connectivity index (χ3v) is 5.28. The van der Waals surface area contributed by atoms with E-state index in [9.17, 15) is 14.0 Å². The second-order valence-corrected chi connectivity index (χ2v) is 7.18. The highest BCUT2D eigenvalue weighted by atomic mass is 35.5. The van der Waals surface area contributed by atoms with Crippen LogP contribution >= 0.6 is 24.0 Å². The number of rotatable bonds is 4. The fourth-order valence-corrected chi connectivity index (χ4v) is 3.66. The number of nitrogens with zero attached hydrogens (tertiary/aromatic N) is 1. The number of hydrogen-bond donors (Lipinski definition) is 2. The molecule has 1 unspecified atom stereocenters. The smallest absolute Gasteiger partial charge is 0.227 e. The van der Waals surface area contributed by atoms with Crippen LogP contribution in [0.3, 0.4) is 0 Å². The Balaban J connectivity index is 0.00000243. The number of carbonyl (C=O) groups is 2. The zero-order valence-corrected chi connectivity index (χ0v) is 16.0. The van der Waals surface area contributed by atoms with Crippen molar-refractivity contribution >= 4 is 41.5 Å². The molecule has 3 rings (SSSR count). The Kier molecular flexibility index (Phi) is 7.68. The van der Waals surface area contributed by atoms with Crippen LogP contribution in [0.5, 0.6) is 0 Å². The molecule has 1 aromatic carbocycles. The van der Waals surface area contributed by atoms with Gasteiger partial charge in [-0.25, -0.2) is 4.39 Å². The number of likely N-dealkylation sites (tertiary alicyclic amines) is 1. The van der Waals surface area contributed by atoms with Crippen LogP contribution < -0.4 is 10.6 Å². The first-order chi connectivity index (χ1) is 12.0. The zero-order valence-electron chi connectivity index (χ0n) is 14.5. The lowest BCUT2D eigenvalue weighted by molar-refractivity contribution is -0.134. The summed E-state index contributed by atoms with van der Waals surface area (Å²) in [6.45, 7) is 2.20. The summed E-state index contributed by atoms with van der Waals surface area (Å²) in [5.74, 6) is -0.587. The van der Waals surface area contributed by atoms with E-state index >= 15 is 0 Å².